The average Bonchev–Trinajstić information content (AvgIpc) is 3.34. The van der Waals surface area contributed by atoms with E-state index >= 15 is 0 Å². The van der Waals surface area contributed by atoms with Crippen molar-refractivity contribution >= 4 is 11.8 Å². The van der Waals surface area contributed by atoms with E-state index in [9.17, 15) is 0 Å². The van der Waals surface area contributed by atoms with Crippen LogP contribution in [0, 0.1) is 0 Å². The molecule has 4 rings (SSSR count). The van der Waals surface area contributed by atoms with E-state index in [2.05, 4.69) is 65.2 Å². The van der Waals surface area contributed by atoms with E-state index in [1.54, 1.807) is 8.85 Å². The molecule has 0 N–H and O–H groups in total. The first-order chi connectivity index (χ1) is 11.9. The van der Waals surface area contributed by atoms with Gasteiger partial charge in [-0.15, -0.1) is 0 Å². The summed E-state index contributed by atoms with van der Waals surface area (Å²) >= 11 is -0.727. The molecule has 1 aromatic carbocycles. The fourth-order valence-corrected chi connectivity index (χ4v) is 7.94. The molecule has 2 aliphatic rings. The van der Waals surface area contributed by atoms with Gasteiger partial charge in [-0.05, 0) is 0 Å². The van der Waals surface area contributed by atoms with E-state index in [1.807, 2.05) is 12.5 Å². The monoisotopic (exact) mass is 462 g/mol. The van der Waals surface area contributed by atoms with Gasteiger partial charge in [-0.3, -0.25) is 0 Å². The molecule has 0 fully saturated rings. The molecule has 0 radical (unpaired) electrons. The van der Waals surface area contributed by atoms with Crippen LogP contribution in [0.15, 0.2) is 64.0 Å². The molecule has 1 heterocycles. The number of fused-ring (bicyclic) bond motifs is 1. The van der Waals surface area contributed by atoms with Crippen LogP contribution in [0.5, 0.6) is 0 Å². The summed E-state index contributed by atoms with van der Waals surface area (Å²) in [4.78, 5) is 4.27. The largest absolute Gasteiger partial charge is 1.00 e. The van der Waals surface area contributed by atoms with Crippen molar-refractivity contribution in [2.75, 3.05) is 0 Å². The number of hydrogen-bond acceptors (Lipinski definition) is 1. The maximum absolute atomic E-state index is 4.27. The van der Waals surface area contributed by atoms with Crippen LogP contribution >= 0.6 is 0 Å². The Labute approximate surface area is 179 Å². The summed E-state index contributed by atoms with van der Waals surface area (Å²) in [7, 11) is 0. The maximum atomic E-state index is 4.27. The van der Waals surface area contributed by atoms with E-state index < -0.39 is 23.2 Å². The van der Waals surface area contributed by atoms with Crippen LogP contribution in [0.1, 0.15) is 47.4 Å². The van der Waals surface area contributed by atoms with Crippen molar-refractivity contribution in [2.24, 2.45) is 0 Å². The SMILES string of the molecule is CCCCC1=[C]([Zr+2][CH]2C(n3ccnc3)=Cc3ccccc32)CC=C1.[Cl-].[Cl-]. The standard InChI is InChI=1S/C12H9N2.C9H13.2ClH.Zr/c1-2-4-11-8-12(7-10(11)3-1)14-6-5-13-9-14;1-2-3-6-9-7-4-5-8-9;;;/h1-9H;4,7H,2-3,5-6H2,1H3;2*1H;/q;;;;+2/p-2. The quantitative estimate of drug-likeness (QED) is 0.560. The molecular formula is C21H22Cl2N2Zr. The van der Waals surface area contributed by atoms with E-state index in [0.29, 0.717) is 3.63 Å². The molecule has 1 unspecified atom stereocenters. The van der Waals surface area contributed by atoms with Crippen LogP contribution < -0.4 is 24.8 Å². The number of hydrogen-bond donors (Lipinski definition) is 0. The van der Waals surface area contributed by atoms with Crippen molar-refractivity contribution in [2.45, 2.75) is 36.2 Å². The first-order valence-corrected chi connectivity index (χ1v) is 11.5. The van der Waals surface area contributed by atoms with Crippen molar-refractivity contribution < 1.29 is 48.0 Å². The molecule has 5 heteroatoms. The van der Waals surface area contributed by atoms with E-state index in [0.717, 1.165) is 0 Å². The molecule has 1 aromatic heterocycles. The summed E-state index contributed by atoms with van der Waals surface area (Å²) in [6, 6.07) is 8.92. The molecular weight excluding hydrogens is 442 g/mol. The Balaban J connectivity index is 0.00000121. The number of allylic oxidation sites excluding steroid dienone is 5. The van der Waals surface area contributed by atoms with Crippen LogP contribution in [-0.2, 0) is 23.2 Å². The van der Waals surface area contributed by atoms with Gasteiger partial charge in [0.05, 0.1) is 0 Å². The molecule has 2 aliphatic carbocycles. The summed E-state index contributed by atoms with van der Waals surface area (Å²) < 4.78 is 4.62. The molecule has 0 saturated heterocycles. The van der Waals surface area contributed by atoms with Gasteiger partial charge < -0.3 is 24.8 Å². The van der Waals surface area contributed by atoms with Crippen molar-refractivity contribution in [3.8, 4) is 0 Å². The van der Waals surface area contributed by atoms with Crippen LogP contribution in [0.2, 0.25) is 0 Å². The minimum absolute atomic E-state index is 0. The Hall–Kier alpha value is -0.887. The van der Waals surface area contributed by atoms with Gasteiger partial charge in [0.1, 0.15) is 0 Å². The van der Waals surface area contributed by atoms with Crippen molar-refractivity contribution in [1.29, 1.82) is 0 Å². The second-order valence-electron chi connectivity index (χ2n) is 6.46. The Morgan fingerprint density at radius 2 is 2.08 bits per heavy atom. The van der Waals surface area contributed by atoms with Crippen molar-refractivity contribution in [3.63, 3.8) is 0 Å². The Bertz CT molecular complexity index is 822. The molecule has 0 bridgehead atoms. The smallest absolute Gasteiger partial charge is 1.00 e. The van der Waals surface area contributed by atoms with Gasteiger partial charge in [0, 0.05) is 0 Å². The molecule has 0 saturated carbocycles. The zero-order valence-electron chi connectivity index (χ0n) is 14.8. The Morgan fingerprint density at radius 3 is 2.85 bits per heavy atom. The predicted molar refractivity (Wildman–Crippen MR) is 95.9 cm³/mol. The summed E-state index contributed by atoms with van der Waals surface area (Å²) in [5.74, 6) is 0. The molecule has 2 nitrogen and oxygen atoms in total. The second-order valence-corrected chi connectivity index (χ2v) is 10.1. The molecule has 134 valence electrons. The molecule has 26 heavy (non-hydrogen) atoms. The zero-order valence-corrected chi connectivity index (χ0v) is 18.8. The van der Waals surface area contributed by atoms with Gasteiger partial charge in [-0.2, -0.15) is 0 Å². The van der Waals surface area contributed by atoms with Crippen LogP contribution in [-0.4, -0.2) is 9.55 Å². The third kappa shape index (κ3) is 4.33. The second kappa shape index (κ2) is 9.88. The number of rotatable bonds is 6. The summed E-state index contributed by atoms with van der Waals surface area (Å²) in [6.45, 7) is 2.28. The molecule has 2 aromatic rings. The first-order valence-electron chi connectivity index (χ1n) is 8.80. The van der Waals surface area contributed by atoms with Crippen LogP contribution in [0.3, 0.4) is 0 Å². The van der Waals surface area contributed by atoms with Crippen molar-refractivity contribution in [1.82, 2.24) is 9.55 Å². The van der Waals surface area contributed by atoms with Crippen LogP contribution in [0.4, 0.5) is 0 Å². The zero-order chi connectivity index (χ0) is 16.4. The first kappa shape index (κ1) is 21.4. The fraction of sp³-hybridized carbons (Fsp3) is 0.286. The number of halogens is 2. The maximum Gasteiger partial charge on any atom is -1.00 e. The number of imidazole rings is 1. The van der Waals surface area contributed by atoms with Crippen molar-refractivity contribution in [3.05, 3.63) is 75.1 Å². The minimum Gasteiger partial charge on any atom is -1.00 e. The third-order valence-electron chi connectivity index (χ3n) is 4.86. The van der Waals surface area contributed by atoms with Gasteiger partial charge in [0.2, 0.25) is 0 Å². The minimum atomic E-state index is -0.727. The normalized spacial score (nSPS) is 17.3. The van der Waals surface area contributed by atoms with E-state index in [-0.39, 0.29) is 24.8 Å². The van der Waals surface area contributed by atoms with Gasteiger partial charge in [-0.25, -0.2) is 0 Å². The summed E-state index contributed by atoms with van der Waals surface area (Å²) in [6.07, 6.45) is 18.1. The number of aromatic nitrogens is 2. The van der Waals surface area contributed by atoms with Gasteiger partial charge in [0.25, 0.3) is 0 Å². The third-order valence-corrected chi connectivity index (χ3v) is 9.20. The van der Waals surface area contributed by atoms with E-state index in [4.69, 9.17) is 0 Å². The Kier molecular flexibility index (Phi) is 8.13. The molecule has 0 aliphatic heterocycles. The van der Waals surface area contributed by atoms with Gasteiger partial charge >= 0.3 is 156 Å². The average molecular weight is 465 g/mol. The fourth-order valence-electron chi connectivity index (χ4n) is 3.57. The molecule has 0 amide bonds. The summed E-state index contributed by atoms with van der Waals surface area (Å²) in [5.41, 5.74) is 6.00. The topological polar surface area (TPSA) is 17.8 Å². The Morgan fingerprint density at radius 1 is 1.23 bits per heavy atom. The summed E-state index contributed by atoms with van der Waals surface area (Å²) in [5, 5.41) is 0. The van der Waals surface area contributed by atoms with Gasteiger partial charge in [0.15, 0.2) is 0 Å². The number of benzene rings is 1. The molecule has 1 atom stereocenters. The molecule has 0 spiro atoms. The number of unbranched alkanes of at least 4 members (excludes halogenated alkanes) is 1. The van der Waals surface area contributed by atoms with Crippen LogP contribution in [0.25, 0.3) is 11.8 Å². The van der Waals surface area contributed by atoms with E-state index in [1.165, 1.54) is 42.5 Å². The van der Waals surface area contributed by atoms with Gasteiger partial charge in [-0.1, -0.05) is 0 Å². The predicted octanol–water partition coefficient (Wildman–Crippen LogP) is -0.569. The number of nitrogens with zero attached hydrogens (tertiary/aromatic N) is 2.